The van der Waals surface area contributed by atoms with E-state index >= 15 is 0 Å². The molecule has 9 nitrogen and oxygen atoms in total. The Morgan fingerprint density at radius 3 is 2.87 bits per heavy atom. The standard InChI is InChI=1S/C18H22F3N5O4/c1-10-9-23-16(29-10)8-15(27)24-14-7-13(25-26-14)11-2-3-12(6-11)30-17(28)22-5-4-18(19,20)21/h7,9,11-12H,2-6,8H2,1H3,(H,22,28)(H2,24,25,26,27)/t11-,12+/m0/s1. The number of H-pyrrole nitrogens is 1. The topological polar surface area (TPSA) is 122 Å². The summed E-state index contributed by atoms with van der Waals surface area (Å²) in [7, 11) is 0. The molecule has 164 valence electrons. The predicted octanol–water partition coefficient (Wildman–Crippen LogP) is 3.20. The number of hydrogen-bond acceptors (Lipinski definition) is 6. The molecule has 1 saturated carbocycles. The van der Waals surface area contributed by atoms with Crippen molar-refractivity contribution in [3.63, 3.8) is 0 Å². The third-order valence-electron chi connectivity index (χ3n) is 4.62. The molecule has 0 spiro atoms. The van der Waals surface area contributed by atoms with Gasteiger partial charge in [0.1, 0.15) is 18.3 Å². The van der Waals surface area contributed by atoms with Gasteiger partial charge in [-0.15, -0.1) is 0 Å². The van der Waals surface area contributed by atoms with Crippen LogP contribution in [0.5, 0.6) is 0 Å². The maximum Gasteiger partial charge on any atom is 0.407 e. The molecule has 0 aromatic carbocycles. The summed E-state index contributed by atoms with van der Waals surface area (Å²) in [6, 6.07) is 1.70. The second kappa shape index (κ2) is 9.18. The predicted molar refractivity (Wildman–Crippen MR) is 97.7 cm³/mol. The number of alkyl halides is 3. The molecule has 1 aliphatic carbocycles. The van der Waals surface area contributed by atoms with Crippen molar-refractivity contribution in [2.24, 2.45) is 0 Å². The number of aryl methyl sites for hydroxylation is 1. The minimum Gasteiger partial charge on any atom is -0.446 e. The van der Waals surface area contributed by atoms with Gasteiger partial charge in [0.05, 0.1) is 12.6 Å². The Labute approximate surface area is 169 Å². The number of aromatic amines is 1. The number of hydrogen-bond donors (Lipinski definition) is 3. The Hall–Kier alpha value is -3.05. The van der Waals surface area contributed by atoms with E-state index in [0.29, 0.717) is 36.7 Å². The molecule has 3 rings (SSSR count). The largest absolute Gasteiger partial charge is 0.446 e. The molecular formula is C18H22F3N5O4. The number of anilines is 1. The first-order chi connectivity index (χ1) is 14.2. The van der Waals surface area contributed by atoms with Crippen LogP contribution in [0.4, 0.5) is 23.8 Å². The molecule has 2 aromatic rings. The summed E-state index contributed by atoms with van der Waals surface area (Å²) in [5.41, 5.74) is 0.779. The monoisotopic (exact) mass is 429 g/mol. The maximum atomic E-state index is 12.1. The lowest BCUT2D eigenvalue weighted by Crippen LogP contribution is -2.31. The fourth-order valence-corrected chi connectivity index (χ4v) is 3.25. The second-order valence-corrected chi connectivity index (χ2v) is 7.13. The number of ether oxygens (including phenoxy) is 1. The Morgan fingerprint density at radius 1 is 1.37 bits per heavy atom. The van der Waals surface area contributed by atoms with Crippen molar-refractivity contribution in [1.29, 1.82) is 0 Å². The number of carbonyl (C=O) groups is 2. The molecular weight excluding hydrogens is 407 g/mol. The Bertz CT molecular complexity index is 879. The Kier molecular flexibility index (Phi) is 6.63. The van der Waals surface area contributed by atoms with Crippen LogP contribution < -0.4 is 10.6 Å². The van der Waals surface area contributed by atoms with Gasteiger partial charge in [-0.2, -0.15) is 18.3 Å². The number of nitrogens with zero attached hydrogens (tertiary/aromatic N) is 2. The molecule has 0 saturated heterocycles. The number of amides is 2. The van der Waals surface area contributed by atoms with Crippen LogP contribution in [0.1, 0.15) is 48.9 Å². The highest BCUT2D eigenvalue weighted by Gasteiger charge is 2.31. The van der Waals surface area contributed by atoms with Crippen LogP contribution in [-0.2, 0) is 16.0 Å². The van der Waals surface area contributed by atoms with Crippen LogP contribution in [0, 0.1) is 6.92 Å². The molecule has 0 radical (unpaired) electrons. The van der Waals surface area contributed by atoms with E-state index in [2.05, 4.69) is 25.8 Å². The molecule has 30 heavy (non-hydrogen) atoms. The smallest absolute Gasteiger partial charge is 0.407 e. The summed E-state index contributed by atoms with van der Waals surface area (Å²) >= 11 is 0. The molecule has 12 heteroatoms. The molecule has 0 aliphatic heterocycles. The molecule has 3 N–H and O–H groups in total. The lowest BCUT2D eigenvalue weighted by molar-refractivity contribution is -0.133. The maximum absolute atomic E-state index is 12.1. The summed E-state index contributed by atoms with van der Waals surface area (Å²) in [6.07, 6.45) is -3.35. The number of aromatic nitrogens is 3. The van der Waals surface area contributed by atoms with E-state index in [-0.39, 0.29) is 18.2 Å². The zero-order valence-electron chi connectivity index (χ0n) is 16.2. The van der Waals surface area contributed by atoms with Gasteiger partial charge in [0.2, 0.25) is 11.8 Å². The fraction of sp³-hybridized carbons (Fsp3) is 0.556. The zero-order valence-corrected chi connectivity index (χ0v) is 16.2. The molecule has 2 atom stereocenters. The average molecular weight is 429 g/mol. The molecule has 0 unspecified atom stereocenters. The minimum absolute atomic E-state index is 0.0151. The van der Waals surface area contributed by atoms with Crippen molar-refractivity contribution in [2.45, 2.75) is 57.2 Å². The number of oxazole rings is 1. The van der Waals surface area contributed by atoms with Gasteiger partial charge in [-0.25, -0.2) is 9.78 Å². The van der Waals surface area contributed by atoms with Crippen LogP contribution in [0.15, 0.2) is 16.7 Å². The molecule has 2 aromatic heterocycles. The van der Waals surface area contributed by atoms with Crippen molar-refractivity contribution in [1.82, 2.24) is 20.5 Å². The van der Waals surface area contributed by atoms with E-state index in [4.69, 9.17) is 9.15 Å². The first-order valence-corrected chi connectivity index (χ1v) is 9.45. The van der Waals surface area contributed by atoms with Crippen LogP contribution in [-0.4, -0.2) is 46.0 Å². The third kappa shape index (κ3) is 6.49. The van der Waals surface area contributed by atoms with Crippen LogP contribution >= 0.6 is 0 Å². The van der Waals surface area contributed by atoms with Gasteiger partial charge in [0.25, 0.3) is 0 Å². The van der Waals surface area contributed by atoms with E-state index in [1.165, 1.54) is 6.20 Å². The minimum atomic E-state index is -4.33. The number of alkyl carbamates (subject to hydrolysis) is 1. The van der Waals surface area contributed by atoms with Crippen LogP contribution in [0.3, 0.4) is 0 Å². The first kappa shape index (κ1) is 21.7. The zero-order chi connectivity index (χ0) is 21.7. The number of carbonyl (C=O) groups excluding carboxylic acids is 2. The van der Waals surface area contributed by atoms with E-state index in [1.54, 1.807) is 13.0 Å². The highest BCUT2D eigenvalue weighted by atomic mass is 19.4. The second-order valence-electron chi connectivity index (χ2n) is 7.13. The molecule has 2 heterocycles. The van der Waals surface area contributed by atoms with E-state index in [1.807, 2.05) is 0 Å². The average Bonchev–Trinajstić information content (AvgIpc) is 3.35. The molecule has 1 aliphatic rings. The number of halogens is 3. The van der Waals surface area contributed by atoms with E-state index in [9.17, 15) is 22.8 Å². The van der Waals surface area contributed by atoms with Crippen LogP contribution in [0.25, 0.3) is 0 Å². The van der Waals surface area contributed by atoms with Crippen molar-refractivity contribution in [3.05, 3.63) is 29.6 Å². The van der Waals surface area contributed by atoms with Gasteiger partial charge in [-0.3, -0.25) is 9.89 Å². The third-order valence-corrected chi connectivity index (χ3v) is 4.62. The van der Waals surface area contributed by atoms with Gasteiger partial charge in [-0.1, -0.05) is 0 Å². The van der Waals surface area contributed by atoms with Gasteiger partial charge in [0, 0.05) is 24.2 Å². The highest BCUT2D eigenvalue weighted by Crippen LogP contribution is 2.35. The quantitative estimate of drug-likeness (QED) is 0.621. The molecule has 0 bridgehead atoms. The summed E-state index contributed by atoms with van der Waals surface area (Å²) in [6.45, 7) is 1.22. The molecule has 1 fully saturated rings. The van der Waals surface area contributed by atoms with E-state index < -0.39 is 31.3 Å². The first-order valence-electron chi connectivity index (χ1n) is 9.45. The van der Waals surface area contributed by atoms with Gasteiger partial charge in [-0.05, 0) is 26.2 Å². The van der Waals surface area contributed by atoms with Crippen molar-refractivity contribution in [2.75, 3.05) is 11.9 Å². The summed E-state index contributed by atoms with van der Waals surface area (Å²) < 4.78 is 46.8. The number of nitrogens with one attached hydrogen (secondary N) is 3. The fourth-order valence-electron chi connectivity index (χ4n) is 3.25. The normalized spacial score (nSPS) is 18.9. The van der Waals surface area contributed by atoms with Crippen molar-refractivity contribution >= 4 is 17.8 Å². The number of rotatable bonds is 7. The van der Waals surface area contributed by atoms with E-state index in [0.717, 1.165) is 5.69 Å². The lowest BCUT2D eigenvalue weighted by Gasteiger charge is -2.13. The van der Waals surface area contributed by atoms with Gasteiger partial charge in [0.15, 0.2) is 5.82 Å². The van der Waals surface area contributed by atoms with Gasteiger partial charge < -0.3 is 19.8 Å². The lowest BCUT2D eigenvalue weighted by atomic mass is 10.0. The Morgan fingerprint density at radius 2 is 2.17 bits per heavy atom. The summed E-state index contributed by atoms with van der Waals surface area (Å²) in [5.74, 6) is 0.994. The molecule has 2 amide bonds. The SMILES string of the molecule is Cc1cnc(CC(=O)Nc2cc([C@H]3CC[C@@H](OC(=O)NCCC(F)(F)F)C3)[nH]n2)o1. The Balaban J connectivity index is 1.42. The van der Waals surface area contributed by atoms with Crippen LogP contribution in [0.2, 0.25) is 0 Å². The van der Waals surface area contributed by atoms with Gasteiger partial charge >= 0.3 is 12.3 Å². The van der Waals surface area contributed by atoms with Crippen molar-refractivity contribution < 1.29 is 31.9 Å². The highest BCUT2D eigenvalue weighted by molar-refractivity contribution is 5.90. The summed E-state index contributed by atoms with van der Waals surface area (Å²) in [5, 5.41) is 11.7. The van der Waals surface area contributed by atoms with Crippen molar-refractivity contribution in [3.8, 4) is 0 Å². The summed E-state index contributed by atoms with van der Waals surface area (Å²) in [4.78, 5) is 27.6.